The lowest BCUT2D eigenvalue weighted by Gasteiger charge is -2.16. The summed E-state index contributed by atoms with van der Waals surface area (Å²) in [6, 6.07) is 6.63. The van der Waals surface area contributed by atoms with E-state index < -0.39 is 0 Å². The van der Waals surface area contributed by atoms with Crippen LogP contribution in [-0.2, 0) is 4.79 Å². The smallest absolute Gasteiger partial charge is 0.251 e. The zero-order valence-corrected chi connectivity index (χ0v) is 10.5. The summed E-state index contributed by atoms with van der Waals surface area (Å²) in [4.78, 5) is 24.9. The fourth-order valence-electron chi connectivity index (χ4n) is 2.05. The standard InChI is InChI=1S/C13H17N3O3/c14-10-7-12(18)16(8-10)11-3-1-9(2-4-11)13(19)15-5-6-17/h1-4,10,17H,5-8,14H2,(H,15,19). The molecule has 1 aromatic rings. The SMILES string of the molecule is NC1CC(=O)N(c2ccc(C(=O)NCCO)cc2)C1. The number of anilines is 1. The van der Waals surface area contributed by atoms with Gasteiger partial charge in [0.15, 0.2) is 0 Å². The Labute approximate surface area is 111 Å². The first-order chi connectivity index (χ1) is 9.11. The molecule has 6 heteroatoms. The normalized spacial score (nSPS) is 18.7. The molecule has 1 aliphatic rings. The molecule has 1 saturated heterocycles. The van der Waals surface area contributed by atoms with E-state index in [-0.39, 0.29) is 31.0 Å². The van der Waals surface area contributed by atoms with Crippen molar-refractivity contribution in [2.45, 2.75) is 12.5 Å². The lowest BCUT2D eigenvalue weighted by Crippen LogP contribution is -2.28. The summed E-state index contributed by atoms with van der Waals surface area (Å²) < 4.78 is 0. The molecule has 102 valence electrons. The highest BCUT2D eigenvalue weighted by Crippen LogP contribution is 2.21. The molecule has 2 rings (SSSR count). The van der Waals surface area contributed by atoms with Gasteiger partial charge in [0.25, 0.3) is 5.91 Å². The molecule has 1 fully saturated rings. The van der Waals surface area contributed by atoms with Crippen LogP contribution in [-0.4, -0.2) is 42.7 Å². The molecule has 6 nitrogen and oxygen atoms in total. The van der Waals surface area contributed by atoms with Crippen LogP contribution in [0.5, 0.6) is 0 Å². The molecular formula is C13H17N3O3. The molecule has 1 unspecified atom stereocenters. The maximum atomic E-state index is 11.7. The van der Waals surface area contributed by atoms with Crippen molar-refractivity contribution in [2.75, 3.05) is 24.6 Å². The van der Waals surface area contributed by atoms with Crippen molar-refractivity contribution in [1.29, 1.82) is 0 Å². The Balaban J connectivity index is 2.06. The number of carbonyl (C=O) groups excluding carboxylic acids is 2. The maximum Gasteiger partial charge on any atom is 0.251 e. The second-order valence-electron chi connectivity index (χ2n) is 4.49. The van der Waals surface area contributed by atoms with E-state index in [0.29, 0.717) is 18.5 Å². The van der Waals surface area contributed by atoms with Crippen LogP contribution in [0.1, 0.15) is 16.8 Å². The summed E-state index contributed by atoms with van der Waals surface area (Å²) in [6.07, 6.45) is 0.360. The summed E-state index contributed by atoms with van der Waals surface area (Å²) in [5, 5.41) is 11.2. The molecule has 2 amide bonds. The molecule has 1 aromatic carbocycles. The van der Waals surface area contributed by atoms with E-state index in [0.717, 1.165) is 5.69 Å². The average molecular weight is 263 g/mol. The third kappa shape index (κ3) is 3.10. The first kappa shape index (κ1) is 13.5. The highest BCUT2D eigenvalue weighted by molar-refractivity contribution is 5.98. The van der Waals surface area contributed by atoms with Crippen molar-refractivity contribution in [3.63, 3.8) is 0 Å². The maximum absolute atomic E-state index is 11.7. The van der Waals surface area contributed by atoms with Gasteiger partial charge in [-0.15, -0.1) is 0 Å². The molecule has 0 spiro atoms. The van der Waals surface area contributed by atoms with Gasteiger partial charge in [0, 0.05) is 36.8 Å². The van der Waals surface area contributed by atoms with Crippen LogP contribution >= 0.6 is 0 Å². The highest BCUT2D eigenvalue weighted by Gasteiger charge is 2.27. The van der Waals surface area contributed by atoms with E-state index in [9.17, 15) is 9.59 Å². The highest BCUT2D eigenvalue weighted by atomic mass is 16.3. The lowest BCUT2D eigenvalue weighted by molar-refractivity contribution is -0.117. The quantitative estimate of drug-likeness (QED) is 0.680. The van der Waals surface area contributed by atoms with Crippen LogP contribution in [0.25, 0.3) is 0 Å². The summed E-state index contributed by atoms with van der Waals surface area (Å²) in [6.45, 7) is 0.638. The van der Waals surface area contributed by atoms with E-state index >= 15 is 0 Å². The number of hydrogen-bond donors (Lipinski definition) is 3. The Hall–Kier alpha value is -1.92. The Morgan fingerprint density at radius 2 is 2.11 bits per heavy atom. The van der Waals surface area contributed by atoms with Gasteiger partial charge in [-0.25, -0.2) is 0 Å². The van der Waals surface area contributed by atoms with Crippen molar-refractivity contribution in [1.82, 2.24) is 5.32 Å². The predicted octanol–water partition coefficient (Wildman–Crippen LogP) is -0.527. The van der Waals surface area contributed by atoms with E-state index in [2.05, 4.69) is 5.32 Å². The molecule has 4 N–H and O–H groups in total. The first-order valence-electron chi connectivity index (χ1n) is 6.17. The summed E-state index contributed by atoms with van der Waals surface area (Å²) in [5.41, 5.74) is 6.98. The second-order valence-corrected chi connectivity index (χ2v) is 4.49. The van der Waals surface area contributed by atoms with Gasteiger partial charge in [-0.2, -0.15) is 0 Å². The van der Waals surface area contributed by atoms with E-state index in [1.54, 1.807) is 29.2 Å². The number of aliphatic hydroxyl groups excluding tert-OH is 1. The summed E-state index contributed by atoms with van der Waals surface area (Å²) >= 11 is 0. The van der Waals surface area contributed by atoms with E-state index in [1.165, 1.54) is 0 Å². The minimum absolute atomic E-state index is 0.00461. The monoisotopic (exact) mass is 263 g/mol. The predicted molar refractivity (Wildman–Crippen MR) is 70.8 cm³/mol. The number of nitrogens with zero attached hydrogens (tertiary/aromatic N) is 1. The number of benzene rings is 1. The van der Waals surface area contributed by atoms with Crippen molar-refractivity contribution in [3.8, 4) is 0 Å². The molecule has 1 heterocycles. The Bertz CT molecular complexity index is 473. The largest absolute Gasteiger partial charge is 0.395 e. The third-order valence-electron chi connectivity index (χ3n) is 2.99. The van der Waals surface area contributed by atoms with Gasteiger partial charge < -0.3 is 21.1 Å². The molecule has 1 aliphatic heterocycles. The van der Waals surface area contributed by atoms with Gasteiger partial charge in [-0.05, 0) is 24.3 Å². The van der Waals surface area contributed by atoms with Crippen LogP contribution in [0.3, 0.4) is 0 Å². The van der Waals surface area contributed by atoms with Gasteiger partial charge in [0.2, 0.25) is 5.91 Å². The summed E-state index contributed by atoms with van der Waals surface area (Å²) in [5.74, 6) is -0.241. The zero-order valence-electron chi connectivity index (χ0n) is 10.5. The molecule has 0 saturated carbocycles. The van der Waals surface area contributed by atoms with Crippen LogP contribution in [0.2, 0.25) is 0 Å². The summed E-state index contributed by atoms with van der Waals surface area (Å²) in [7, 11) is 0. The van der Waals surface area contributed by atoms with Crippen molar-refractivity contribution in [3.05, 3.63) is 29.8 Å². The molecular weight excluding hydrogens is 246 g/mol. The number of hydrogen-bond acceptors (Lipinski definition) is 4. The number of nitrogens with two attached hydrogens (primary N) is 1. The Kier molecular flexibility index (Phi) is 4.13. The molecule has 0 radical (unpaired) electrons. The van der Waals surface area contributed by atoms with Crippen molar-refractivity contribution >= 4 is 17.5 Å². The van der Waals surface area contributed by atoms with Crippen molar-refractivity contribution < 1.29 is 14.7 Å². The van der Waals surface area contributed by atoms with Crippen LogP contribution in [0.4, 0.5) is 5.69 Å². The fourth-order valence-corrected chi connectivity index (χ4v) is 2.05. The Morgan fingerprint density at radius 1 is 1.42 bits per heavy atom. The lowest BCUT2D eigenvalue weighted by atomic mass is 10.2. The van der Waals surface area contributed by atoms with Crippen LogP contribution < -0.4 is 16.0 Å². The van der Waals surface area contributed by atoms with Gasteiger partial charge >= 0.3 is 0 Å². The molecule has 0 aliphatic carbocycles. The van der Waals surface area contributed by atoms with E-state index in [4.69, 9.17) is 10.8 Å². The number of carbonyl (C=O) groups is 2. The third-order valence-corrected chi connectivity index (χ3v) is 2.99. The van der Waals surface area contributed by atoms with Gasteiger partial charge in [0.05, 0.1) is 6.61 Å². The number of nitrogens with one attached hydrogen (secondary N) is 1. The van der Waals surface area contributed by atoms with Crippen LogP contribution in [0, 0.1) is 0 Å². The van der Waals surface area contributed by atoms with Crippen molar-refractivity contribution in [2.24, 2.45) is 5.73 Å². The minimum atomic E-state index is -0.245. The molecule has 19 heavy (non-hydrogen) atoms. The second kappa shape index (κ2) is 5.81. The van der Waals surface area contributed by atoms with Crippen LogP contribution in [0.15, 0.2) is 24.3 Å². The molecule has 1 atom stereocenters. The fraction of sp³-hybridized carbons (Fsp3) is 0.385. The number of amides is 2. The Morgan fingerprint density at radius 3 is 2.63 bits per heavy atom. The zero-order chi connectivity index (χ0) is 13.8. The number of rotatable bonds is 4. The molecule has 0 aromatic heterocycles. The van der Waals surface area contributed by atoms with Gasteiger partial charge in [-0.3, -0.25) is 9.59 Å². The van der Waals surface area contributed by atoms with E-state index in [1.807, 2.05) is 0 Å². The number of aliphatic hydroxyl groups is 1. The first-order valence-corrected chi connectivity index (χ1v) is 6.17. The molecule has 0 bridgehead atoms. The van der Waals surface area contributed by atoms with Gasteiger partial charge in [0.1, 0.15) is 0 Å². The minimum Gasteiger partial charge on any atom is -0.395 e. The average Bonchev–Trinajstić information content (AvgIpc) is 2.75. The topological polar surface area (TPSA) is 95.7 Å². The van der Waals surface area contributed by atoms with Gasteiger partial charge in [-0.1, -0.05) is 0 Å².